The van der Waals surface area contributed by atoms with E-state index in [4.69, 9.17) is 9.15 Å². The quantitative estimate of drug-likeness (QED) is 0.774. The maximum absolute atomic E-state index is 12.4. The maximum atomic E-state index is 12.4. The number of aromatic amines is 1. The number of hydrogen-bond donors (Lipinski definition) is 1. The van der Waals surface area contributed by atoms with Crippen molar-refractivity contribution in [1.29, 1.82) is 0 Å². The molecule has 1 aliphatic heterocycles. The van der Waals surface area contributed by atoms with Crippen molar-refractivity contribution in [2.45, 2.75) is 13.0 Å². The van der Waals surface area contributed by atoms with Crippen LogP contribution in [0.15, 0.2) is 39.5 Å². The SMILES string of the molecule is Cc1cc(OC2CN(C(=O)c3ccc4n[nH]nc4c3)C2)cc(=O)o1. The number of nitrogens with zero attached hydrogens (tertiary/aromatic N) is 3. The van der Waals surface area contributed by atoms with Crippen LogP contribution in [0.3, 0.4) is 0 Å². The first-order chi connectivity index (χ1) is 11.6. The van der Waals surface area contributed by atoms with Crippen molar-refractivity contribution in [2.75, 3.05) is 13.1 Å². The fourth-order valence-corrected chi connectivity index (χ4v) is 2.67. The second-order valence-corrected chi connectivity index (χ2v) is 5.70. The summed E-state index contributed by atoms with van der Waals surface area (Å²) in [6, 6.07) is 8.15. The smallest absolute Gasteiger partial charge is 0.339 e. The van der Waals surface area contributed by atoms with Crippen molar-refractivity contribution >= 4 is 16.9 Å². The van der Waals surface area contributed by atoms with Crippen molar-refractivity contribution in [3.63, 3.8) is 0 Å². The zero-order chi connectivity index (χ0) is 16.7. The molecule has 0 saturated carbocycles. The van der Waals surface area contributed by atoms with Gasteiger partial charge in [0.25, 0.3) is 5.91 Å². The van der Waals surface area contributed by atoms with Crippen molar-refractivity contribution in [3.8, 4) is 5.75 Å². The molecule has 1 aliphatic rings. The number of amides is 1. The van der Waals surface area contributed by atoms with Crippen LogP contribution in [-0.4, -0.2) is 45.4 Å². The van der Waals surface area contributed by atoms with Gasteiger partial charge in [-0.3, -0.25) is 4.79 Å². The molecule has 0 radical (unpaired) electrons. The fraction of sp³-hybridized carbons (Fsp3) is 0.250. The molecular weight excluding hydrogens is 312 g/mol. The molecule has 0 spiro atoms. The van der Waals surface area contributed by atoms with E-state index >= 15 is 0 Å². The van der Waals surface area contributed by atoms with E-state index in [0.717, 1.165) is 5.52 Å². The third-order valence-electron chi connectivity index (χ3n) is 3.87. The Morgan fingerprint density at radius 3 is 2.83 bits per heavy atom. The summed E-state index contributed by atoms with van der Waals surface area (Å²) in [5.41, 5.74) is 1.49. The summed E-state index contributed by atoms with van der Waals surface area (Å²) in [4.78, 5) is 25.4. The van der Waals surface area contributed by atoms with Gasteiger partial charge in [0.15, 0.2) is 0 Å². The standard InChI is InChI=1S/C16H14N4O4/c1-9-4-11(6-15(21)23-9)24-12-7-20(8-12)16(22)10-2-3-13-14(5-10)18-19-17-13/h2-6,12H,7-8H2,1H3,(H,17,18,19). The number of H-pyrrole nitrogens is 1. The molecule has 1 aromatic carbocycles. The van der Waals surface area contributed by atoms with Gasteiger partial charge in [0, 0.05) is 11.6 Å². The van der Waals surface area contributed by atoms with Gasteiger partial charge in [-0.05, 0) is 25.1 Å². The first-order valence-corrected chi connectivity index (χ1v) is 7.47. The van der Waals surface area contributed by atoms with Gasteiger partial charge in [-0.15, -0.1) is 0 Å². The molecule has 0 atom stereocenters. The Bertz CT molecular complexity index is 971. The molecule has 1 saturated heterocycles. The largest absolute Gasteiger partial charge is 0.486 e. The number of hydrogen-bond acceptors (Lipinski definition) is 6. The summed E-state index contributed by atoms with van der Waals surface area (Å²) >= 11 is 0. The zero-order valence-corrected chi connectivity index (χ0v) is 12.9. The lowest BCUT2D eigenvalue weighted by atomic mass is 10.1. The summed E-state index contributed by atoms with van der Waals surface area (Å²) in [7, 11) is 0. The molecule has 24 heavy (non-hydrogen) atoms. The summed E-state index contributed by atoms with van der Waals surface area (Å²) in [5, 5.41) is 10.5. The molecule has 3 heterocycles. The molecule has 0 unspecified atom stereocenters. The maximum Gasteiger partial charge on any atom is 0.339 e. The molecule has 2 aromatic heterocycles. The van der Waals surface area contributed by atoms with Gasteiger partial charge in [0.05, 0.1) is 19.2 Å². The highest BCUT2D eigenvalue weighted by Crippen LogP contribution is 2.21. The minimum Gasteiger partial charge on any atom is -0.486 e. The normalized spacial score (nSPS) is 14.6. The first-order valence-electron chi connectivity index (χ1n) is 7.47. The van der Waals surface area contributed by atoms with Crippen LogP contribution in [0.25, 0.3) is 11.0 Å². The molecule has 8 heteroatoms. The minimum absolute atomic E-state index is 0.0801. The number of carbonyl (C=O) groups excluding carboxylic acids is 1. The number of rotatable bonds is 3. The van der Waals surface area contributed by atoms with Gasteiger partial charge in [-0.1, -0.05) is 0 Å². The highest BCUT2D eigenvalue weighted by Gasteiger charge is 2.33. The van der Waals surface area contributed by atoms with Gasteiger partial charge in [0.1, 0.15) is 28.6 Å². The van der Waals surface area contributed by atoms with E-state index in [0.29, 0.717) is 35.7 Å². The van der Waals surface area contributed by atoms with Crippen LogP contribution in [0.2, 0.25) is 0 Å². The van der Waals surface area contributed by atoms with E-state index in [1.54, 1.807) is 36.1 Å². The Morgan fingerprint density at radius 2 is 2.04 bits per heavy atom. The summed E-state index contributed by atoms with van der Waals surface area (Å²) in [6.07, 6.45) is -0.133. The van der Waals surface area contributed by atoms with Crippen LogP contribution in [0.5, 0.6) is 5.75 Å². The van der Waals surface area contributed by atoms with Gasteiger partial charge in [-0.25, -0.2) is 4.79 Å². The number of aryl methyl sites for hydroxylation is 1. The molecule has 3 aromatic rings. The second kappa shape index (κ2) is 5.48. The Morgan fingerprint density at radius 1 is 1.25 bits per heavy atom. The fourth-order valence-electron chi connectivity index (χ4n) is 2.67. The number of carbonyl (C=O) groups is 1. The molecule has 1 amide bonds. The highest BCUT2D eigenvalue weighted by molar-refractivity contribution is 5.97. The van der Waals surface area contributed by atoms with Crippen LogP contribution in [-0.2, 0) is 0 Å². The van der Waals surface area contributed by atoms with Crippen molar-refractivity contribution in [1.82, 2.24) is 20.3 Å². The number of fused-ring (bicyclic) bond motifs is 1. The van der Waals surface area contributed by atoms with Crippen LogP contribution in [0.4, 0.5) is 0 Å². The van der Waals surface area contributed by atoms with Gasteiger partial charge in [0.2, 0.25) is 0 Å². The monoisotopic (exact) mass is 326 g/mol. The number of benzene rings is 1. The predicted octanol–water partition coefficient (Wildman–Crippen LogP) is 1.12. The predicted molar refractivity (Wildman–Crippen MR) is 83.9 cm³/mol. The Hall–Kier alpha value is -3.16. The number of likely N-dealkylation sites (tertiary alicyclic amines) is 1. The van der Waals surface area contributed by atoms with Crippen LogP contribution < -0.4 is 10.4 Å². The first kappa shape index (κ1) is 14.4. The van der Waals surface area contributed by atoms with E-state index in [1.807, 2.05) is 0 Å². The minimum atomic E-state index is -0.446. The highest BCUT2D eigenvalue weighted by atomic mass is 16.5. The van der Waals surface area contributed by atoms with E-state index in [9.17, 15) is 9.59 Å². The average Bonchev–Trinajstić information content (AvgIpc) is 2.96. The topological polar surface area (TPSA) is 101 Å². The molecule has 4 rings (SSSR count). The molecule has 0 bridgehead atoms. The lowest BCUT2D eigenvalue weighted by Crippen LogP contribution is -2.56. The van der Waals surface area contributed by atoms with Crippen LogP contribution >= 0.6 is 0 Å². The summed E-state index contributed by atoms with van der Waals surface area (Å²) < 4.78 is 10.6. The van der Waals surface area contributed by atoms with E-state index < -0.39 is 5.63 Å². The van der Waals surface area contributed by atoms with Crippen molar-refractivity contribution < 1.29 is 13.9 Å². The molecule has 1 N–H and O–H groups in total. The summed E-state index contributed by atoms with van der Waals surface area (Å²) in [5.74, 6) is 0.874. The molecular formula is C16H14N4O4. The summed E-state index contributed by atoms with van der Waals surface area (Å²) in [6.45, 7) is 2.62. The Labute approximate surface area is 136 Å². The molecule has 8 nitrogen and oxygen atoms in total. The van der Waals surface area contributed by atoms with Crippen molar-refractivity contribution in [3.05, 3.63) is 52.1 Å². The van der Waals surface area contributed by atoms with E-state index in [1.165, 1.54) is 6.07 Å². The number of ether oxygens (including phenoxy) is 1. The lowest BCUT2D eigenvalue weighted by Gasteiger charge is -2.38. The number of aromatic nitrogens is 3. The van der Waals surface area contributed by atoms with Gasteiger partial charge in [-0.2, -0.15) is 15.4 Å². The van der Waals surface area contributed by atoms with Crippen LogP contribution in [0, 0.1) is 6.92 Å². The van der Waals surface area contributed by atoms with E-state index in [-0.39, 0.29) is 12.0 Å². The van der Waals surface area contributed by atoms with Crippen molar-refractivity contribution in [2.24, 2.45) is 0 Å². The molecule has 1 fully saturated rings. The second-order valence-electron chi connectivity index (χ2n) is 5.70. The Balaban J connectivity index is 1.41. The van der Waals surface area contributed by atoms with E-state index in [2.05, 4.69) is 15.4 Å². The molecule has 122 valence electrons. The zero-order valence-electron chi connectivity index (χ0n) is 12.9. The molecule has 0 aliphatic carbocycles. The Kier molecular flexibility index (Phi) is 3.30. The number of nitrogens with one attached hydrogen (secondary N) is 1. The lowest BCUT2D eigenvalue weighted by molar-refractivity contribution is 0.0175. The average molecular weight is 326 g/mol. The van der Waals surface area contributed by atoms with Gasteiger partial charge < -0.3 is 14.1 Å². The van der Waals surface area contributed by atoms with Crippen LogP contribution in [0.1, 0.15) is 16.1 Å². The third kappa shape index (κ3) is 2.62. The van der Waals surface area contributed by atoms with Gasteiger partial charge >= 0.3 is 5.63 Å². The third-order valence-corrected chi connectivity index (χ3v) is 3.87.